The zero-order valence-corrected chi connectivity index (χ0v) is 17.9. The van der Waals surface area contributed by atoms with Crippen molar-refractivity contribution >= 4 is 17.4 Å². The van der Waals surface area contributed by atoms with Crippen LogP contribution >= 0.6 is 0 Å². The van der Waals surface area contributed by atoms with Crippen molar-refractivity contribution in [1.82, 2.24) is 10.3 Å². The molecule has 1 unspecified atom stereocenters. The number of rotatable bonds is 3. The monoisotopic (exact) mass is 428 g/mol. The number of amides is 2. The molecule has 2 heterocycles. The topological polar surface area (TPSA) is 57.2 Å². The quantitative estimate of drug-likeness (QED) is 0.812. The fourth-order valence-electron chi connectivity index (χ4n) is 4.22. The molecule has 0 aliphatic carbocycles. The third kappa shape index (κ3) is 3.94. The molecular weight excluding hydrogens is 402 g/mol. The average Bonchev–Trinajstić information content (AvgIpc) is 3.11. The van der Waals surface area contributed by atoms with Gasteiger partial charge in [0.25, 0.3) is 0 Å². The van der Waals surface area contributed by atoms with Crippen molar-refractivity contribution in [2.24, 2.45) is 5.10 Å². The molecule has 0 saturated carbocycles. The Balaban J connectivity index is 1.79. The van der Waals surface area contributed by atoms with Crippen molar-refractivity contribution in [3.05, 3.63) is 58.4 Å². The third-order valence-electron chi connectivity index (χ3n) is 5.85. The van der Waals surface area contributed by atoms with Gasteiger partial charge in [-0.05, 0) is 43.5 Å². The Morgan fingerprint density at radius 3 is 2.61 bits per heavy atom. The molecule has 1 atom stereocenters. The molecular formula is C23H26F2N4O2. The lowest BCUT2D eigenvalue weighted by Crippen LogP contribution is -2.35. The van der Waals surface area contributed by atoms with Crippen LogP contribution in [0.2, 0.25) is 0 Å². The van der Waals surface area contributed by atoms with Gasteiger partial charge in [0.05, 0.1) is 19.4 Å². The molecule has 2 aliphatic rings. The molecule has 4 rings (SSSR count). The average molecular weight is 428 g/mol. The molecule has 1 N–H and O–H groups in total. The Kier molecular flexibility index (Phi) is 5.80. The lowest BCUT2D eigenvalue weighted by molar-refractivity contribution is 0.203. The van der Waals surface area contributed by atoms with E-state index in [2.05, 4.69) is 10.4 Å². The van der Waals surface area contributed by atoms with Crippen LogP contribution in [0.3, 0.4) is 0 Å². The maximum absolute atomic E-state index is 15.3. The smallest absolute Gasteiger partial charge is 0.337 e. The first kappa shape index (κ1) is 21.1. The summed E-state index contributed by atoms with van der Waals surface area (Å²) < 4.78 is 34.1. The minimum absolute atomic E-state index is 0.205. The number of carbonyl (C=O) groups excluding carboxylic acids is 1. The second-order valence-electron chi connectivity index (χ2n) is 7.82. The highest BCUT2D eigenvalue weighted by Gasteiger charge is 2.27. The molecule has 0 aromatic heterocycles. The summed E-state index contributed by atoms with van der Waals surface area (Å²) in [6.45, 7) is 3.09. The molecule has 164 valence electrons. The highest BCUT2D eigenvalue weighted by atomic mass is 19.1. The number of urea groups is 1. The van der Waals surface area contributed by atoms with Crippen molar-refractivity contribution in [2.75, 3.05) is 38.7 Å². The predicted octanol–water partition coefficient (Wildman–Crippen LogP) is 3.64. The van der Waals surface area contributed by atoms with E-state index in [9.17, 15) is 9.18 Å². The third-order valence-corrected chi connectivity index (χ3v) is 5.85. The van der Waals surface area contributed by atoms with Crippen molar-refractivity contribution in [3.63, 3.8) is 0 Å². The summed E-state index contributed by atoms with van der Waals surface area (Å²) in [6.07, 6.45) is 0.0329. The van der Waals surface area contributed by atoms with Gasteiger partial charge in [-0.3, -0.25) is 0 Å². The molecule has 1 fully saturated rings. The standard InChI is InChI=1S/C23H26F2N4O2/c1-14-12-19-18(20(25)22(14)31-3)9-11-29(23(30)26-2)27-21(19)15-4-6-17(7-5-15)28-10-8-16(24)13-28/h4-7,12,16H,8-11,13H2,1-3H3,(H,26,30). The summed E-state index contributed by atoms with van der Waals surface area (Å²) in [5.41, 5.74) is 3.95. The number of benzene rings is 2. The first-order chi connectivity index (χ1) is 14.9. The van der Waals surface area contributed by atoms with E-state index in [1.807, 2.05) is 35.2 Å². The molecule has 2 amide bonds. The number of anilines is 1. The molecule has 1 saturated heterocycles. The van der Waals surface area contributed by atoms with Crippen molar-refractivity contribution in [1.29, 1.82) is 0 Å². The highest BCUT2D eigenvalue weighted by molar-refractivity contribution is 6.14. The summed E-state index contributed by atoms with van der Waals surface area (Å²) >= 11 is 0. The van der Waals surface area contributed by atoms with Crippen LogP contribution in [0.4, 0.5) is 19.3 Å². The minimum Gasteiger partial charge on any atom is -0.493 e. The number of nitrogens with one attached hydrogen (secondary N) is 1. The Hall–Kier alpha value is -3.16. The number of hydrogen-bond donors (Lipinski definition) is 1. The fourth-order valence-corrected chi connectivity index (χ4v) is 4.22. The Morgan fingerprint density at radius 2 is 2.00 bits per heavy atom. The number of hydrazone groups is 1. The number of alkyl halides is 1. The van der Waals surface area contributed by atoms with E-state index >= 15 is 4.39 Å². The van der Waals surface area contributed by atoms with Gasteiger partial charge in [0.15, 0.2) is 11.6 Å². The number of fused-ring (bicyclic) bond motifs is 1. The van der Waals surface area contributed by atoms with Gasteiger partial charge in [0, 0.05) is 42.5 Å². The van der Waals surface area contributed by atoms with Crippen LogP contribution in [0.5, 0.6) is 5.75 Å². The summed E-state index contributed by atoms with van der Waals surface area (Å²) in [7, 11) is 2.98. The van der Waals surface area contributed by atoms with Gasteiger partial charge in [-0.2, -0.15) is 5.10 Å². The molecule has 2 aliphatic heterocycles. The number of aryl methyl sites for hydroxylation is 1. The Morgan fingerprint density at radius 1 is 1.26 bits per heavy atom. The molecule has 2 aromatic carbocycles. The number of ether oxygens (including phenoxy) is 1. The first-order valence-electron chi connectivity index (χ1n) is 10.4. The van der Waals surface area contributed by atoms with Crippen LogP contribution in [0.25, 0.3) is 0 Å². The van der Waals surface area contributed by atoms with Gasteiger partial charge >= 0.3 is 6.03 Å². The van der Waals surface area contributed by atoms with Gasteiger partial charge < -0.3 is 15.0 Å². The summed E-state index contributed by atoms with van der Waals surface area (Å²) in [4.78, 5) is 14.3. The van der Waals surface area contributed by atoms with Crippen LogP contribution in [0.15, 0.2) is 35.4 Å². The Bertz CT molecular complexity index is 1020. The van der Waals surface area contributed by atoms with E-state index in [1.54, 1.807) is 6.92 Å². The predicted molar refractivity (Wildman–Crippen MR) is 116 cm³/mol. The fraction of sp³-hybridized carbons (Fsp3) is 0.391. The highest BCUT2D eigenvalue weighted by Crippen LogP contribution is 2.32. The van der Waals surface area contributed by atoms with Crippen LogP contribution in [-0.4, -0.2) is 56.7 Å². The van der Waals surface area contributed by atoms with Crippen molar-refractivity contribution < 1.29 is 18.3 Å². The first-order valence-corrected chi connectivity index (χ1v) is 10.4. The molecule has 6 nitrogen and oxygen atoms in total. The van der Waals surface area contributed by atoms with E-state index in [4.69, 9.17) is 4.74 Å². The lowest BCUT2D eigenvalue weighted by atomic mass is 9.93. The SMILES string of the molecule is CNC(=O)N1CCc2c(cc(C)c(OC)c2F)C(c2ccc(N3CCC(F)C3)cc2)=N1. The van der Waals surface area contributed by atoms with E-state index in [0.717, 1.165) is 11.3 Å². The van der Waals surface area contributed by atoms with Crippen LogP contribution in [-0.2, 0) is 6.42 Å². The molecule has 0 spiro atoms. The second-order valence-corrected chi connectivity index (χ2v) is 7.82. The summed E-state index contributed by atoms with van der Waals surface area (Å²) in [5, 5.41) is 8.49. The number of halogens is 2. The number of methoxy groups -OCH3 is 1. The molecule has 2 aromatic rings. The molecule has 0 bridgehead atoms. The molecule has 0 radical (unpaired) electrons. The van der Waals surface area contributed by atoms with Crippen LogP contribution in [0, 0.1) is 12.7 Å². The largest absolute Gasteiger partial charge is 0.493 e. The second kappa shape index (κ2) is 8.53. The summed E-state index contributed by atoms with van der Waals surface area (Å²) in [5.74, 6) is -0.219. The maximum atomic E-state index is 15.3. The van der Waals surface area contributed by atoms with Crippen molar-refractivity contribution in [3.8, 4) is 5.75 Å². The van der Waals surface area contributed by atoms with E-state index in [-0.39, 0.29) is 18.3 Å². The van der Waals surface area contributed by atoms with Gasteiger partial charge in [-0.15, -0.1) is 0 Å². The number of hydrogen-bond acceptors (Lipinski definition) is 4. The zero-order chi connectivity index (χ0) is 22.1. The van der Waals surface area contributed by atoms with Crippen molar-refractivity contribution in [2.45, 2.75) is 25.9 Å². The van der Waals surface area contributed by atoms with Gasteiger partial charge in [0.2, 0.25) is 0 Å². The normalized spacial score (nSPS) is 18.4. The number of nitrogens with zero attached hydrogens (tertiary/aromatic N) is 3. The van der Waals surface area contributed by atoms with Gasteiger partial charge in [0.1, 0.15) is 6.17 Å². The minimum atomic E-state index is -0.806. The number of carbonyl (C=O) groups is 1. The van der Waals surface area contributed by atoms with E-state index in [0.29, 0.717) is 48.3 Å². The summed E-state index contributed by atoms with van der Waals surface area (Å²) in [6, 6.07) is 9.08. The van der Waals surface area contributed by atoms with E-state index < -0.39 is 12.0 Å². The Labute approximate surface area is 180 Å². The zero-order valence-electron chi connectivity index (χ0n) is 17.9. The van der Waals surface area contributed by atoms with Gasteiger partial charge in [-0.1, -0.05) is 12.1 Å². The molecule has 31 heavy (non-hydrogen) atoms. The van der Waals surface area contributed by atoms with Gasteiger partial charge in [-0.25, -0.2) is 18.6 Å². The lowest BCUT2D eigenvalue weighted by Gasteiger charge is -2.19. The maximum Gasteiger partial charge on any atom is 0.337 e. The molecule has 8 heteroatoms. The van der Waals surface area contributed by atoms with E-state index in [1.165, 1.54) is 19.2 Å². The van der Waals surface area contributed by atoms with Crippen LogP contribution < -0.4 is 15.0 Å². The van der Waals surface area contributed by atoms with Crippen LogP contribution in [0.1, 0.15) is 28.7 Å².